The maximum Gasteiger partial charge on any atom is 0.280 e. The minimum atomic E-state index is -0.919. The van der Waals surface area contributed by atoms with Crippen LogP contribution in [0.15, 0.2) is 53.9 Å². The lowest BCUT2D eigenvalue weighted by Gasteiger charge is -2.33. The van der Waals surface area contributed by atoms with Crippen molar-refractivity contribution >= 4 is 40.6 Å². The fourth-order valence-electron chi connectivity index (χ4n) is 3.00. The van der Waals surface area contributed by atoms with Gasteiger partial charge in [-0.15, -0.1) is 5.10 Å². The van der Waals surface area contributed by atoms with E-state index in [1.807, 2.05) is 52.0 Å². The number of aryl methyl sites for hydroxylation is 1. The fourth-order valence-corrected chi connectivity index (χ4v) is 3.61. The fraction of sp³-hybridized carbons (Fsp3) is 0.273. The zero-order chi connectivity index (χ0) is 21.9. The van der Waals surface area contributed by atoms with Crippen molar-refractivity contribution in [2.75, 3.05) is 4.90 Å². The molecule has 6 nitrogen and oxygen atoms in total. The Morgan fingerprint density at radius 2 is 1.83 bits per heavy atom. The molecule has 2 amide bonds. The van der Waals surface area contributed by atoms with Crippen LogP contribution in [0, 0.1) is 6.92 Å². The van der Waals surface area contributed by atoms with Crippen LogP contribution < -0.4 is 10.2 Å². The molecule has 3 rings (SSSR count). The molecule has 0 bridgehead atoms. The summed E-state index contributed by atoms with van der Waals surface area (Å²) in [4.78, 5) is 28.3. The first-order valence-electron chi connectivity index (χ1n) is 9.40. The highest BCUT2D eigenvalue weighted by Gasteiger charge is 2.35. The third kappa shape index (κ3) is 5.23. The highest BCUT2D eigenvalue weighted by molar-refractivity contribution is 7.03. The molecule has 1 aromatic heterocycles. The number of nitrogens with one attached hydrogen (secondary N) is 1. The van der Waals surface area contributed by atoms with Gasteiger partial charge in [-0.25, -0.2) is 0 Å². The summed E-state index contributed by atoms with van der Waals surface area (Å²) in [5, 5.41) is 8.94. The molecule has 8 heteroatoms. The summed E-state index contributed by atoms with van der Waals surface area (Å²) in [7, 11) is 0. The molecule has 1 atom stereocenters. The van der Waals surface area contributed by atoms with E-state index in [1.165, 1.54) is 4.90 Å². The molecule has 0 aliphatic rings. The summed E-state index contributed by atoms with van der Waals surface area (Å²) in [6.07, 6.45) is 0. The SMILES string of the molecule is Cc1ccc([C@H](C(=O)NC(C)(C)C)N(C(=O)c2csnn2)c2cccc(Cl)c2)cc1. The van der Waals surface area contributed by atoms with Gasteiger partial charge in [0, 0.05) is 21.6 Å². The number of amides is 2. The first-order chi connectivity index (χ1) is 14.2. The average molecular weight is 443 g/mol. The summed E-state index contributed by atoms with van der Waals surface area (Å²) < 4.78 is 3.80. The van der Waals surface area contributed by atoms with Gasteiger partial charge in [0.2, 0.25) is 5.91 Å². The van der Waals surface area contributed by atoms with Crippen molar-refractivity contribution in [3.8, 4) is 0 Å². The molecule has 3 aromatic rings. The average Bonchev–Trinajstić information content (AvgIpc) is 3.20. The van der Waals surface area contributed by atoms with Crippen molar-refractivity contribution in [2.24, 2.45) is 0 Å². The minimum Gasteiger partial charge on any atom is -0.349 e. The topological polar surface area (TPSA) is 75.2 Å². The van der Waals surface area contributed by atoms with E-state index in [2.05, 4.69) is 14.9 Å². The smallest absolute Gasteiger partial charge is 0.280 e. The predicted molar refractivity (Wildman–Crippen MR) is 120 cm³/mol. The molecule has 0 radical (unpaired) electrons. The highest BCUT2D eigenvalue weighted by atomic mass is 35.5. The first-order valence-corrected chi connectivity index (χ1v) is 10.6. The summed E-state index contributed by atoms with van der Waals surface area (Å²) in [6, 6.07) is 13.5. The molecule has 0 spiro atoms. The van der Waals surface area contributed by atoms with Gasteiger partial charge in [0.05, 0.1) is 0 Å². The molecule has 0 aliphatic carbocycles. The van der Waals surface area contributed by atoms with Crippen LogP contribution in [0.4, 0.5) is 5.69 Å². The van der Waals surface area contributed by atoms with Crippen molar-refractivity contribution in [1.29, 1.82) is 0 Å². The molecular formula is C22H23ClN4O2S. The minimum absolute atomic E-state index is 0.167. The molecule has 0 unspecified atom stereocenters. The van der Waals surface area contributed by atoms with Crippen LogP contribution in [0.3, 0.4) is 0 Å². The zero-order valence-corrected chi connectivity index (χ0v) is 18.8. The maximum absolute atomic E-state index is 13.5. The number of halogens is 1. The Morgan fingerprint density at radius 3 is 2.40 bits per heavy atom. The third-order valence-corrected chi connectivity index (χ3v) is 5.02. The third-order valence-electron chi connectivity index (χ3n) is 4.28. The van der Waals surface area contributed by atoms with Crippen LogP contribution in [0.2, 0.25) is 5.02 Å². The molecular weight excluding hydrogens is 420 g/mol. The van der Waals surface area contributed by atoms with Crippen molar-refractivity contribution in [2.45, 2.75) is 39.3 Å². The molecule has 0 saturated heterocycles. The van der Waals surface area contributed by atoms with Crippen molar-refractivity contribution in [1.82, 2.24) is 14.9 Å². The van der Waals surface area contributed by atoms with Gasteiger partial charge in [-0.2, -0.15) is 0 Å². The van der Waals surface area contributed by atoms with E-state index in [1.54, 1.807) is 29.6 Å². The Bertz CT molecular complexity index is 1030. The number of anilines is 1. The van der Waals surface area contributed by atoms with Crippen molar-refractivity contribution < 1.29 is 9.59 Å². The molecule has 30 heavy (non-hydrogen) atoms. The summed E-state index contributed by atoms with van der Waals surface area (Å²) in [5.41, 5.74) is 1.92. The molecule has 156 valence electrons. The number of carbonyl (C=O) groups is 2. The Kier molecular flexibility index (Phi) is 6.53. The largest absolute Gasteiger partial charge is 0.349 e. The van der Waals surface area contributed by atoms with E-state index in [0.717, 1.165) is 17.1 Å². The Labute approximate surface area is 185 Å². The number of aromatic nitrogens is 2. The van der Waals surface area contributed by atoms with Crippen LogP contribution >= 0.6 is 23.1 Å². The number of hydrogen-bond donors (Lipinski definition) is 1. The van der Waals surface area contributed by atoms with Crippen LogP contribution in [-0.4, -0.2) is 26.9 Å². The zero-order valence-electron chi connectivity index (χ0n) is 17.2. The van der Waals surface area contributed by atoms with E-state index in [9.17, 15) is 9.59 Å². The predicted octanol–water partition coefficient (Wildman–Crippen LogP) is 4.80. The molecule has 2 aromatic carbocycles. The second kappa shape index (κ2) is 8.93. The molecule has 0 fully saturated rings. The van der Waals surface area contributed by atoms with Crippen LogP contribution in [0.25, 0.3) is 0 Å². The van der Waals surface area contributed by atoms with Gasteiger partial charge in [-0.3, -0.25) is 14.5 Å². The van der Waals surface area contributed by atoms with Gasteiger partial charge in [-0.05, 0) is 63.0 Å². The molecule has 1 heterocycles. The number of benzene rings is 2. The second-order valence-electron chi connectivity index (χ2n) is 8.00. The van der Waals surface area contributed by atoms with Gasteiger partial charge >= 0.3 is 0 Å². The maximum atomic E-state index is 13.5. The van der Waals surface area contributed by atoms with Gasteiger partial charge in [-0.1, -0.05) is 52.0 Å². The monoisotopic (exact) mass is 442 g/mol. The number of nitrogens with zero attached hydrogens (tertiary/aromatic N) is 3. The Hall–Kier alpha value is -2.77. The van der Waals surface area contributed by atoms with Crippen LogP contribution in [-0.2, 0) is 4.79 Å². The first kappa shape index (κ1) is 21.9. The lowest BCUT2D eigenvalue weighted by Crippen LogP contribution is -2.49. The normalized spacial score (nSPS) is 12.3. The van der Waals surface area contributed by atoms with Gasteiger partial charge < -0.3 is 5.32 Å². The Morgan fingerprint density at radius 1 is 1.13 bits per heavy atom. The lowest BCUT2D eigenvalue weighted by molar-refractivity contribution is -0.123. The van der Waals surface area contributed by atoms with Gasteiger partial charge in [0.25, 0.3) is 5.91 Å². The number of carbonyl (C=O) groups excluding carboxylic acids is 2. The van der Waals surface area contributed by atoms with Crippen molar-refractivity contribution in [3.05, 3.63) is 75.8 Å². The summed E-state index contributed by atoms with van der Waals surface area (Å²) in [5.74, 6) is -0.733. The number of rotatable bonds is 5. The molecule has 0 saturated carbocycles. The van der Waals surface area contributed by atoms with E-state index >= 15 is 0 Å². The number of hydrogen-bond acceptors (Lipinski definition) is 5. The standard InChI is InChI=1S/C22H23ClN4O2S/c1-14-8-10-15(11-9-14)19(20(28)24-22(2,3)4)27(17-7-5-6-16(23)12-17)21(29)18-13-30-26-25-18/h5-13,19H,1-4H3,(H,24,28)/t19-/m1/s1. The lowest BCUT2D eigenvalue weighted by atomic mass is 9.99. The van der Waals surface area contributed by atoms with Crippen molar-refractivity contribution in [3.63, 3.8) is 0 Å². The van der Waals surface area contributed by atoms with E-state index in [4.69, 9.17) is 11.6 Å². The summed E-state index contributed by atoms with van der Waals surface area (Å²) in [6.45, 7) is 7.65. The van der Waals surface area contributed by atoms with Gasteiger partial charge in [0.15, 0.2) is 5.69 Å². The second-order valence-corrected chi connectivity index (χ2v) is 9.04. The van der Waals surface area contributed by atoms with E-state index in [0.29, 0.717) is 16.3 Å². The Balaban J connectivity index is 2.18. The van der Waals surface area contributed by atoms with Crippen LogP contribution in [0.1, 0.15) is 48.4 Å². The van der Waals surface area contributed by atoms with E-state index < -0.39 is 17.5 Å². The van der Waals surface area contributed by atoms with E-state index in [-0.39, 0.29) is 11.6 Å². The molecule has 0 aliphatic heterocycles. The summed E-state index contributed by atoms with van der Waals surface area (Å²) >= 11 is 7.29. The van der Waals surface area contributed by atoms with Crippen LogP contribution in [0.5, 0.6) is 0 Å². The highest BCUT2D eigenvalue weighted by Crippen LogP contribution is 2.31. The molecule has 1 N–H and O–H groups in total. The quantitative estimate of drug-likeness (QED) is 0.615. The van der Waals surface area contributed by atoms with Gasteiger partial charge in [0.1, 0.15) is 6.04 Å².